The summed E-state index contributed by atoms with van der Waals surface area (Å²) >= 11 is -0.894. The van der Waals surface area contributed by atoms with Gasteiger partial charge in [-0.3, -0.25) is 0 Å². The summed E-state index contributed by atoms with van der Waals surface area (Å²) in [6.45, 7) is 8.48. The van der Waals surface area contributed by atoms with Crippen LogP contribution < -0.4 is 24.8 Å². The molecule has 7 rings (SSSR count). The van der Waals surface area contributed by atoms with Crippen molar-refractivity contribution in [1.82, 2.24) is 8.85 Å². The first-order chi connectivity index (χ1) is 34.2. The van der Waals surface area contributed by atoms with E-state index < -0.39 is 86.5 Å². The predicted octanol–water partition coefficient (Wildman–Crippen LogP) is 11.6. The monoisotopic (exact) mass is 1090 g/mol. The topological polar surface area (TPSA) is 189 Å². The van der Waals surface area contributed by atoms with E-state index in [1.165, 1.54) is 28.4 Å². The molecule has 13 nitrogen and oxygen atoms in total. The number of sulfonamides is 2. The smallest absolute Gasteiger partial charge is 0.457 e. The van der Waals surface area contributed by atoms with Crippen LogP contribution in [0.15, 0.2) is 143 Å². The zero-order valence-electron chi connectivity index (χ0n) is 39.2. The molecule has 6 aromatic carbocycles. The summed E-state index contributed by atoms with van der Waals surface area (Å²) in [7, 11) is -15.3. The molecule has 3 unspecified atom stereocenters. The number of aryl methyl sites for hydroxylation is 2. The molecule has 0 saturated heterocycles. The molecule has 23 heteroatoms. The molecule has 388 valence electrons. The minimum absolute atomic E-state index is 0.0177. The van der Waals surface area contributed by atoms with E-state index in [-0.39, 0.29) is 17.4 Å². The summed E-state index contributed by atoms with van der Waals surface area (Å²) in [5.74, 6) is -2.56. The van der Waals surface area contributed by atoms with Gasteiger partial charge in [-0.25, -0.2) is 30.0 Å². The Bertz CT molecular complexity index is 3380. The van der Waals surface area contributed by atoms with Gasteiger partial charge in [0.05, 0.1) is 22.3 Å². The molecular weight excluding hydrogens is 1040 g/mol. The van der Waals surface area contributed by atoms with Crippen LogP contribution in [0, 0.1) is 13.8 Å². The van der Waals surface area contributed by atoms with Gasteiger partial charge in [0.15, 0.2) is 9.84 Å². The first kappa shape index (κ1) is 54.7. The van der Waals surface area contributed by atoms with E-state index in [4.69, 9.17) is 4.74 Å². The molecule has 0 aromatic heterocycles. The van der Waals surface area contributed by atoms with Gasteiger partial charge >= 0.3 is 27.0 Å². The number of benzene rings is 6. The molecule has 0 amide bonds. The maximum absolute atomic E-state index is 13.4. The Morgan fingerprint density at radius 3 is 1.77 bits per heavy atom. The predicted molar refractivity (Wildman–Crippen MR) is 271 cm³/mol. The molecule has 1 saturated carbocycles. The fourth-order valence-corrected chi connectivity index (χ4v) is 12.6. The standard InChI is InChI=1S/C50H49F6N5O8S4/c1-30(2)48(62)69-44-12-8-7-11-41(44)60-40-26-23-39(37-9-5-6-10-38(37)40)47(34-17-21-36(22-18-34)59-43-25-14-32(4)28-46(43)72(65,66)61-70-49(51,52)53)33-15-19-35(20-16-33)58-42-24-13-31(3)27-45(42)71(63,64)29-57-73(67,68)50(54,55)56/h5-6,9-10,13-28,41,44,47,57-61H,1,7-8,11-12,29H2,2-4H3. The third-order valence-electron chi connectivity index (χ3n) is 11.9. The van der Waals surface area contributed by atoms with E-state index in [2.05, 4.69) is 22.5 Å². The molecule has 0 aliphatic heterocycles. The maximum Gasteiger partial charge on any atom is 0.511 e. The summed E-state index contributed by atoms with van der Waals surface area (Å²) < 4.78 is 163. The summed E-state index contributed by atoms with van der Waals surface area (Å²) in [6.07, 6.45) is 2.84. The molecule has 1 aliphatic rings. The zero-order chi connectivity index (χ0) is 53.1. The lowest BCUT2D eigenvalue weighted by Gasteiger charge is -2.33. The van der Waals surface area contributed by atoms with E-state index in [0.717, 1.165) is 57.1 Å². The summed E-state index contributed by atoms with van der Waals surface area (Å²) in [5.41, 5.74) is -5.54. The molecule has 73 heavy (non-hydrogen) atoms. The number of sulfone groups is 1. The van der Waals surface area contributed by atoms with Crippen LogP contribution in [0.25, 0.3) is 10.8 Å². The van der Waals surface area contributed by atoms with Gasteiger partial charge in [0.2, 0.25) is 0 Å². The highest BCUT2D eigenvalue weighted by Gasteiger charge is 2.46. The molecular formula is C50H49F6N5O8S4. The van der Waals surface area contributed by atoms with Gasteiger partial charge < -0.3 is 20.7 Å². The number of carbonyl (C=O) groups excluding carboxylic acids is 1. The number of halogens is 6. The van der Waals surface area contributed by atoms with Crippen LogP contribution in [0.4, 0.5) is 54.8 Å². The van der Waals surface area contributed by atoms with E-state index >= 15 is 0 Å². The number of alkyl halides is 6. The van der Waals surface area contributed by atoms with Crippen molar-refractivity contribution in [2.75, 3.05) is 21.8 Å². The number of nitrogens with one attached hydrogen (secondary N) is 5. The summed E-state index contributed by atoms with van der Waals surface area (Å²) in [6, 6.07) is 33.8. The van der Waals surface area contributed by atoms with Crippen molar-refractivity contribution in [3.05, 3.63) is 161 Å². The van der Waals surface area contributed by atoms with Gasteiger partial charge in [-0.1, -0.05) is 79.7 Å². The number of anilines is 5. The number of rotatable bonds is 18. The molecule has 0 bridgehead atoms. The van der Waals surface area contributed by atoms with Crippen LogP contribution in [-0.2, 0) is 39.4 Å². The second-order valence-corrected chi connectivity index (χ2v) is 23.9. The highest BCUT2D eigenvalue weighted by atomic mass is 32.3. The number of hydrogen-bond donors (Lipinski definition) is 5. The van der Waals surface area contributed by atoms with Crippen LogP contribution in [0.5, 0.6) is 0 Å². The van der Waals surface area contributed by atoms with Crippen molar-refractivity contribution in [3.8, 4) is 0 Å². The fraction of sp³-hybridized carbons (Fsp3) is 0.260. The molecule has 1 aliphatic carbocycles. The van der Waals surface area contributed by atoms with Gasteiger partial charge in [0.25, 0.3) is 10.0 Å². The maximum atomic E-state index is 13.4. The molecule has 6 aromatic rings. The van der Waals surface area contributed by atoms with E-state index in [0.29, 0.717) is 34.5 Å². The van der Waals surface area contributed by atoms with E-state index in [1.54, 1.807) is 81.4 Å². The third-order valence-corrected chi connectivity index (χ3v) is 17.1. The van der Waals surface area contributed by atoms with Crippen molar-refractivity contribution in [2.24, 2.45) is 0 Å². The number of hydrogen-bond acceptors (Lipinski definition) is 12. The van der Waals surface area contributed by atoms with Crippen LogP contribution in [0.2, 0.25) is 0 Å². The molecule has 3 atom stereocenters. The first-order valence-electron chi connectivity index (χ1n) is 22.4. The van der Waals surface area contributed by atoms with Crippen LogP contribution in [0.1, 0.15) is 66.3 Å². The fourth-order valence-electron chi connectivity index (χ4n) is 8.33. The van der Waals surface area contributed by atoms with Gasteiger partial charge in [-0.2, -0.15) is 31.1 Å². The number of fused-ring (bicyclic) bond motifs is 1. The van der Waals surface area contributed by atoms with Crippen molar-refractivity contribution < 1.29 is 61.1 Å². The Morgan fingerprint density at radius 1 is 0.699 bits per heavy atom. The lowest BCUT2D eigenvalue weighted by molar-refractivity contribution is -0.146. The Balaban J connectivity index is 1.26. The average Bonchev–Trinajstić information content (AvgIpc) is 3.33. The minimum atomic E-state index is -5.98. The van der Waals surface area contributed by atoms with Crippen molar-refractivity contribution in [1.29, 1.82) is 0 Å². The lowest BCUT2D eigenvalue weighted by atomic mass is 9.82. The normalized spacial score (nSPS) is 16.1. The number of ether oxygens (including phenoxy) is 1. The molecule has 0 heterocycles. The molecule has 1 fully saturated rings. The molecule has 0 spiro atoms. The van der Waals surface area contributed by atoms with Crippen molar-refractivity contribution >= 4 is 87.0 Å². The average molecular weight is 1090 g/mol. The third kappa shape index (κ3) is 13.4. The van der Waals surface area contributed by atoms with Crippen molar-refractivity contribution in [3.63, 3.8) is 0 Å². The second kappa shape index (κ2) is 21.8. The lowest BCUT2D eigenvalue weighted by Crippen LogP contribution is -2.40. The highest BCUT2D eigenvalue weighted by Crippen LogP contribution is 2.41. The Labute approximate surface area is 423 Å². The van der Waals surface area contributed by atoms with Gasteiger partial charge in [-0.15, -0.1) is 4.13 Å². The Kier molecular flexibility index (Phi) is 16.3. The summed E-state index contributed by atoms with van der Waals surface area (Å²) in [4.78, 5) is 11.8. The van der Waals surface area contributed by atoms with E-state index in [9.17, 15) is 56.4 Å². The van der Waals surface area contributed by atoms with Crippen LogP contribution >= 0.6 is 11.9 Å². The largest absolute Gasteiger partial charge is 0.511 e. The molecule has 5 N–H and O–H groups in total. The minimum Gasteiger partial charge on any atom is -0.457 e. The molecule has 0 radical (unpaired) electrons. The van der Waals surface area contributed by atoms with Crippen molar-refractivity contribution in [2.45, 2.75) is 85.3 Å². The summed E-state index contributed by atoms with van der Waals surface area (Å²) in [5, 5.41) is 11.4. The SMILES string of the molecule is C=C(C)C(=O)OC1CCCCC1Nc1ccc(C(c2ccc(Nc3ccc(C)cc3S(=O)(=O)CNS(=O)(=O)C(F)(F)F)cc2)c2ccc(Nc3ccc(C)cc3S(=O)(=O)NSC(F)(F)F)cc2)c2ccccc12. The van der Waals surface area contributed by atoms with E-state index in [1.807, 2.05) is 36.4 Å². The van der Waals surface area contributed by atoms with Gasteiger partial charge in [0.1, 0.15) is 16.9 Å². The number of carbonyl (C=O) groups is 1. The number of esters is 1. The Hall–Kier alpha value is -6.11. The van der Waals surface area contributed by atoms with Crippen LogP contribution in [0.3, 0.4) is 0 Å². The Morgan fingerprint density at radius 2 is 1.22 bits per heavy atom. The van der Waals surface area contributed by atoms with Crippen LogP contribution in [-0.4, -0.2) is 60.3 Å². The zero-order valence-corrected chi connectivity index (χ0v) is 42.5. The highest BCUT2D eigenvalue weighted by molar-refractivity contribution is 8.09. The first-order valence-corrected chi connectivity index (χ1v) is 27.8. The van der Waals surface area contributed by atoms with Gasteiger partial charge in [-0.05, 0) is 128 Å². The second-order valence-electron chi connectivity index (χ2n) is 17.4. The quantitative estimate of drug-likeness (QED) is 0.0180. The van der Waals surface area contributed by atoms with Gasteiger partial charge in [0, 0.05) is 45.9 Å².